The van der Waals surface area contributed by atoms with E-state index in [4.69, 9.17) is 4.74 Å². The van der Waals surface area contributed by atoms with Crippen LogP contribution in [0.3, 0.4) is 0 Å². The molecular weight excluding hydrogens is 214 g/mol. The van der Waals surface area contributed by atoms with E-state index in [0.717, 1.165) is 49.2 Å². The van der Waals surface area contributed by atoms with E-state index in [-0.39, 0.29) is 11.7 Å². The molecule has 0 radical (unpaired) electrons. The smallest absolute Gasteiger partial charge is 0.128 e. The zero-order valence-corrected chi connectivity index (χ0v) is 10.2. The molecule has 1 saturated heterocycles. The van der Waals surface area contributed by atoms with Crippen molar-refractivity contribution in [3.05, 3.63) is 29.3 Å². The van der Waals surface area contributed by atoms with E-state index in [9.17, 15) is 5.11 Å². The van der Waals surface area contributed by atoms with Gasteiger partial charge in [-0.3, -0.25) is 0 Å². The Kier molecular flexibility index (Phi) is 2.60. The molecule has 1 unspecified atom stereocenters. The van der Waals surface area contributed by atoms with Crippen LogP contribution in [0.5, 0.6) is 5.75 Å². The molecule has 1 spiro atoms. The van der Waals surface area contributed by atoms with E-state index in [2.05, 4.69) is 5.32 Å². The molecule has 2 N–H and O–H groups in total. The Balaban J connectivity index is 1.99. The summed E-state index contributed by atoms with van der Waals surface area (Å²) in [5.41, 5.74) is 1.93. The molecule has 2 aliphatic rings. The number of para-hydroxylation sites is 1. The van der Waals surface area contributed by atoms with Crippen LogP contribution in [-0.4, -0.2) is 23.8 Å². The highest BCUT2D eigenvalue weighted by atomic mass is 16.5. The van der Waals surface area contributed by atoms with Gasteiger partial charge in [-0.05, 0) is 38.4 Å². The molecule has 3 nitrogen and oxygen atoms in total. The van der Waals surface area contributed by atoms with Gasteiger partial charge in [0, 0.05) is 12.0 Å². The average Bonchev–Trinajstić information content (AvgIpc) is 2.32. The number of aliphatic hydroxyl groups is 1. The Bertz CT molecular complexity index is 424. The van der Waals surface area contributed by atoms with Crippen LogP contribution in [-0.2, 0) is 0 Å². The Morgan fingerprint density at radius 3 is 2.88 bits per heavy atom. The van der Waals surface area contributed by atoms with Crippen LogP contribution in [0.15, 0.2) is 18.2 Å². The first-order valence-electron chi connectivity index (χ1n) is 6.38. The predicted octanol–water partition coefficient (Wildman–Crippen LogP) is 1.93. The van der Waals surface area contributed by atoms with E-state index in [0.29, 0.717) is 0 Å². The summed E-state index contributed by atoms with van der Waals surface area (Å²) in [6, 6.07) is 6.01. The van der Waals surface area contributed by atoms with Crippen LogP contribution < -0.4 is 10.1 Å². The molecule has 3 rings (SSSR count). The van der Waals surface area contributed by atoms with Gasteiger partial charge in [-0.2, -0.15) is 0 Å². The van der Waals surface area contributed by atoms with Crippen molar-refractivity contribution in [3.63, 3.8) is 0 Å². The topological polar surface area (TPSA) is 41.5 Å². The Labute approximate surface area is 102 Å². The Hall–Kier alpha value is -1.06. The van der Waals surface area contributed by atoms with Crippen LogP contribution in [0.4, 0.5) is 0 Å². The van der Waals surface area contributed by atoms with Gasteiger partial charge < -0.3 is 15.2 Å². The van der Waals surface area contributed by atoms with Gasteiger partial charge in [-0.1, -0.05) is 18.2 Å². The number of ether oxygens (including phenoxy) is 1. The second-order valence-corrected chi connectivity index (χ2v) is 5.25. The number of benzene rings is 1. The summed E-state index contributed by atoms with van der Waals surface area (Å²) in [5.74, 6) is 0.910. The lowest BCUT2D eigenvalue weighted by Gasteiger charge is -2.43. The maximum atomic E-state index is 10.3. The van der Waals surface area contributed by atoms with Crippen LogP contribution in [0.1, 0.15) is 36.5 Å². The summed E-state index contributed by atoms with van der Waals surface area (Å²) in [4.78, 5) is 0. The summed E-state index contributed by atoms with van der Waals surface area (Å²) in [5, 5.41) is 13.7. The molecule has 1 aromatic rings. The molecular formula is C14H19NO2. The highest BCUT2D eigenvalue weighted by molar-refractivity contribution is 5.44. The van der Waals surface area contributed by atoms with Crippen molar-refractivity contribution in [2.24, 2.45) is 0 Å². The predicted molar refractivity (Wildman–Crippen MR) is 66.2 cm³/mol. The Morgan fingerprint density at radius 2 is 2.12 bits per heavy atom. The molecule has 2 heterocycles. The van der Waals surface area contributed by atoms with E-state index < -0.39 is 0 Å². The lowest BCUT2D eigenvalue weighted by atomic mass is 9.82. The third-order valence-electron chi connectivity index (χ3n) is 4.00. The van der Waals surface area contributed by atoms with E-state index in [1.165, 1.54) is 0 Å². The summed E-state index contributed by atoms with van der Waals surface area (Å²) in [6.45, 7) is 4.01. The fourth-order valence-corrected chi connectivity index (χ4v) is 2.99. The van der Waals surface area contributed by atoms with Gasteiger partial charge in [-0.15, -0.1) is 0 Å². The third kappa shape index (κ3) is 1.83. The van der Waals surface area contributed by atoms with Crippen LogP contribution in [0.2, 0.25) is 0 Å². The van der Waals surface area contributed by atoms with Crippen molar-refractivity contribution in [2.75, 3.05) is 13.1 Å². The number of aliphatic hydroxyl groups excluding tert-OH is 1. The fraction of sp³-hybridized carbons (Fsp3) is 0.571. The summed E-state index contributed by atoms with van der Waals surface area (Å²) >= 11 is 0. The molecule has 92 valence electrons. The normalized spacial score (nSPS) is 26.4. The number of nitrogens with one attached hydrogen (secondary N) is 1. The highest BCUT2D eigenvalue weighted by Crippen LogP contribution is 2.44. The lowest BCUT2D eigenvalue weighted by molar-refractivity contribution is -0.0342. The van der Waals surface area contributed by atoms with E-state index >= 15 is 0 Å². The first-order valence-corrected chi connectivity index (χ1v) is 6.38. The summed E-state index contributed by atoms with van der Waals surface area (Å²) in [7, 11) is 0. The molecule has 0 aliphatic carbocycles. The SMILES string of the molecule is Cc1cccc2c1OC1(CCNCC1)CC2O. The molecule has 1 aromatic carbocycles. The van der Waals surface area contributed by atoms with Gasteiger partial charge in [-0.25, -0.2) is 0 Å². The number of fused-ring (bicyclic) bond motifs is 1. The minimum Gasteiger partial charge on any atom is -0.486 e. The molecule has 0 saturated carbocycles. The van der Waals surface area contributed by atoms with Gasteiger partial charge in [0.25, 0.3) is 0 Å². The zero-order valence-electron chi connectivity index (χ0n) is 10.2. The van der Waals surface area contributed by atoms with Gasteiger partial charge in [0.05, 0.1) is 6.10 Å². The van der Waals surface area contributed by atoms with E-state index in [1.807, 2.05) is 25.1 Å². The molecule has 1 fully saturated rings. The summed E-state index contributed by atoms with van der Waals surface area (Å²) < 4.78 is 6.26. The molecule has 17 heavy (non-hydrogen) atoms. The van der Waals surface area contributed by atoms with Gasteiger partial charge in [0.2, 0.25) is 0 Å². The minimum atomic E-state index is -0.378. The van der Waals surface area contributed by atoms with Crippen molar-refractivity contribution >= 4 is 0 Å². The number of rotatable bonds is 0. The zero-order chi connectivity index (χ0) is 11.9. The molecule has 0 amide bonds. The average molecular weight is 233 g/mol. The third-order valence-corrected chi connectivity index (χ3v) is 4.00. The monoisotopic (exact) mass is 233 g/mol. The van der Waals surface area contributed by atoms with Gasteiger partial charge in [0.1, 0.15) is 11.4 Å². The second kappa shape index (κ2) is 4.00. The van der Waals surface area contributed by atoms with Crippen molar-refractivity contribution < 1.29 is 9.84 Å². The quantitative estimate of drug-likeness (QED) is 0.719. The fourth-order valence-electron chi connectivity index (χ4n) is 2.99. The second-order valence-electron chi connectivity index (χ2n) is 5.25. The number of piperidine rings is 1. The largest absolute Gasteiger partial charge is 0.486 e. The highest BCUT2D eigenvalue weighted by Gasteiger charge is 2.41. The molecule has 0 aromatic heterocycles. The maximum Gasteiger partial charge on any atom is 0.128 e. The van der Waals surface area contributed by atoms with Crippen molar-refractivity contribution in [3.8, 4) is 5.75 Å². The van der Waals surface area contributed by atoms with Crippen LogP contribution in [0, 0.1) is 6.92 Å². The van der Waals surface area contributed by atoms with Crippen molar-refractivity contribution in [1.82, 2.24) is 5.32 Å². The van der Waals surface area contributed by atoms with Gasteiger partial charge in [0.15, 0.2) is 0 Å². The molecule has 0 bridgehead atoms. The minimum absolute atomic E-state index is 0.149. The van der Waals surface area contributed by atoms with Gasteiger partial charge >= 0.3 is 0 Å². The molecule has 2 aliphatic heterocycles. The number of aryl methyl sites for hydroxylation is 1. The molecule has 1 atom stereocenters. The number of hydrogen-bond donors (Lipinski definition) is 2. The molecule has 3 heteroatoms. The lowest BCUT2D eigenvalue weighted by Crippen LogP contribution is -2.49. The maximum absolute atomic E-state index is 10.3. The first kappa shape index (κ1) is 11.1. The first-order chi connectivity index (χ1) is 8.20. The van der Waals surface area contributed by atoms with Crippen molar-refractivity contribution in [1.29, 1.82) is 0 Å². The van der Waals surface area contributed by atoms with Crippen molar-refractivity contribution in [2.45, 2.75) is 37.9 Å². The number of hydrogen-bond acceptors (Lipinski definition) is 3. The standard InChI is InChI=1S/C14H19NO2/c1-10-3-2-4-11-12(16)9-14(17-13(10)11)5-7-15-8-6-14/h2-4,12,15-16H,5-9H2,1H3. The summed E-state index contributed by atoms with van der Waals surface area (Å²) in [6.07, 6.45) is 2.32. The van der Waals surface area contributed by atoms with E-state index in [1.54, 1.807) is 0 Å². The van der Waals surface area contributed by atoms with Crippen LogP contribution >= 0.6 is 0 Å². The van der Waals surface area contributed by atoms with Crippen LogP contribution in [0.25, 0.3) is 0 Å². The Morgan fingerprint density at radius 1 is 1.35 bits per heavy atom.